The molecule has 618 valence electrons. The average molecular weight is 1680 g/mol. The Bertz CT molecular complexity index is 9060. The first kappa shape index (κ1) is 76.8. The highest BCUT2D eigenvalue weighted by Gasteiger charge is 2.27. The molecule has 6 nitrogen and oxygen atoms in total. The van der Waals surface area contributed by atoms with E-state index in [2.05, 4.69) is 537 Å². The summed E-state index contributed by atoms with van der Waals surface area (Å²) >= 11 is 0. The van der Waals surface area contributed by atoms with Gasteiger partial charge in [-0.15, -0.1) is 0 Å². The van der Waals surface area contributed by atoms with Gasteiger partial charge in [-0.3, -0.25) is 0 Å². The number of nitrogens with zero attached hydrogens (tertiary/aromatic N) is 6. The van der Waals surface area contributed by atoms with Crippen LogP contribution in [0.1, 0.15) is 0 Å². The quantitative estimate of drug-likeness (QED) is 0.117. The van der Waals surface area contributed by atoms with Crippen molar-refractivity contribution in [3.63, 3.8) is 0 Å². The Morgan fingerprint density at radius 1 is 0.0985 bits per heavy atom. The number of rotatable bonds is 12. The van der Waals surface area contributed by atoms with Crippen molar-refractivity contribution in [3.05, 3.63) is 510 Å². The molecule has 0 amide bonds. The lowest BCUT2D eigenvalue weighted by atomic mass is 10.00. The van der Waals surface area contributed by atoms with E-state index in [-0.39, 0.29) is 0 Å². The number of aromatic nitrogens is 6. The molecule has 0 aliphatic carbocycles. The predicted molar refractivity (Wildman–Crippen MR) is 558 cm³/mol. The monoisotopic (exact) mass is 1680 g/mol. The Hall–Kier alpha value is -17.6. The van der Waals surface area contributed by atoms with Gasteiger partial charge in [-0.05, 0) is 200 Å². The van der Waals surface area contributed by atoms with E-state index in [9.17, 15) is 0 Å². The molecular formula is C126H84N6. The fourth-order valence-electron chi connectivity index (χ4n) is 20.8. The van der Waals surface area contributed by atoms with Crippen molar-refractivity contribution in [2.75, 3.05) is 0 Å². The molecule has 132 heavy (non-hydrogen) atoms. The lowest BCUT2D eigenvalue weighted by molar-refractivity contribution is 1.17. The van der Waals surface area contributed by atoms with Gasteiger partial charge in [0.05, 0.1) is 66.2 Å². The summed E-state index contributed by atoms with van der Waals surface area (Å²) < 4.78 is 14.7. The zero-order valence-electron chi connectivity index (χ0n) is 72.2. The van der Waals surface area contributed by atoms with E-state index in [1.807, 2.05) is 0 Å². The molecular weight excluding hydrogens is 1600 g/mol. The highest BCUT2D eigenvalue weighted by molar-refractivity contribution is 6.30. The van der Waals surface area contributed by atoms with Gasteiger partial charge in [-0.25, -0.2) is 0 Å². The fraction of sp³-hybridized carbons (Fsp3) is 0. The first-order valence-corrected chi connectivity index (χ1v) is 45.4. The molecule has 21 aromatic carbocycles. The maximum atomic E-state index is 2.48. The minimum atomic E-state index is 1.15. The molecule has 6 aromatic heterocycles. The SMILES string of the molecule is c1ccc(-c2ccc(-c3cccc(-n4c5ccccc5c5ccc6c(c7ccc(-c8ccccc8)cc7n6-c6ccccc6)c54)c3)cc2)cc1.c1ccc(-c2ccc3c4ccc5c(c6ccccc6n5-c5ccccc5)c4n(-c4ccccc4)c3c2)cc1.c1ccc(-c2cccc(-n3c4ccccc4c4c3ccc3c5cc(-c6ccccc6)ccc5n(-c5ccccc5)c34)c2)cc1. The second-order valence-corrected chi connectivity index (χ2v) is 34.2. The first-order valence-electron chi connectivity index (χ1n) is 45.4. The van der Waals surface area contributed by atoms with Gasteiger partial charge in [-0.1, -0.05) is 376 Å². The van der Waals surface area contributed by atoms with Crippen LogP contribution in [0.15, 0.2) is 510 Å². The predicted octanol–water partition coefficient (Wildman–Crippen LogP) is 33.6. The zero-order valence-corrected chi connectivity index (χ0v) is 72.2. The van der Waals surface area contributed by atoms with Gasteiger partial charge in [0.15, 0.2) is 0 Å². The number of para-hydroxylation sites is 7. The largest absolute Gasteiger partial charge is 0.309 e. The van der Waals surface area contributed by atoms with Crippen molar-refractivity contribution >= 4 is 131 Å². The molecule has 27 rings (SSSR count). The Balaban J connectivity index is 0.000000107. The molecule has 0 saturated carbocycles. The molecule has 0 spiro atoms. The normalized spacial score (nSPS) is 11.6. The molecule has 0 saturated heterocycles. The number of benzene rings is 21. The van der Waals surface area contributed by atoms with Crippen LogP contribution in [0, 0.1) is 0 Å². The Morgan fingerprint density at radius 3 is 0.735 bits per heavy atom. The van der Waals surface area contributed by atoms with Crippen molar-refractivity contribution in [2.24, 2.45) is 0 Å². The summed E-state index contributed by atoms with van der Waals surface area (Å²) in [6.45, 7) is 0. The summed E-state index contributed by atoms with van der Waals surface area (Å²) in [4.78, 5) is 0. The summed E-state index contributed by atoms with van der Waals surface area (Å²) in [5, 5.41) is 15.1. The molecule has 0 radical (unpaired) electrons. The minimum Gasteiger partial charge on any atom is -0.309 e. The molecule has 0 aliphatic rings. The van der Waals surface area contributed by atoms with Gasteiger partial charge >= 0.3 is 0 Å². The van der Waals surface area contributed by atoms with E-state index < -0.39 is 0 Å². The van der Waals surface area contributed by atoms with Gasteiger partial charge in [0.2, 0.25) is 0 Å². The van der Waals surface area contributed by atoms with Crippen LogP contribution in [0.5, 0.6) is 0 Å². The van der Waals surface area contributed by atoms with E-state index in [1.54, 1.807) is 0 Å². The van der Waals surface area contributed by atoms with Crippen molar-refractivity contribution < 1.29 is 0 Å². The summed E-state index contributed by atoms with van der Waals surface area (Å²) in [7, 11) is 0. The van der Waals surface area contributed by atoms with Crippen molar-refractivity contribution in [1.29, 1.82) is 0 Å². The Morgan fingerprint density at radius 2 is 0.311 bits per heavy atom. The van der Waals surface area contributed by atoms with E-state index in [1.165, 1.54) is 209 Å². The van der Waals surface area contributed by atoms with E-state index in [0.29, 0.717) is 0 Å². The molecule has 0 bridgehead atoms. The van der Waals surface area contributed by atoms with Gasteiger partial charge in [0, 0.05) is 98.8 Å². The van der Waals surface area contributed by atoms with Gasteiger partial charge in [0.25, 0.3) is 0 Å². The third kappa shape index (κ3) is 13.0. The molecule has 6 heterocycles. The molecule has 0 fully saturated rings. The summed E-state index contributed by atoms with van der Waals surface area (Å²) in [6, 6.07) is 184. The second-order valence-electron chi connectivity index (χ2n) is 34.2. The number of hydrogen-bond acceptors (Lipinski definition) is 0. The molecule has 0 atom stereocenters. The van der Waals surface area contributed by atoms with Crippen LogP contribution in [0.2, 0.25) is 0 Å². The molecule has 6 heteroatoms. The maximum absolute atomic E-state index is 2.48. The van der Waals surface area contributed by atoms with E-state index in [0.717, 1.165) is 22.7 Å². The second kappa shape index (κ2) is 32.4. The lowest BCUT2D eigenvalue weighted by Gasteiger charge is -2.12. The van der Waals surface area contributed by atoms with Crippen molar-refractivity contribution in [2.45, 2.75) is 0 Å². The van der Waals surface area contributed by atoms with Crippen LogP contribution in [-0.4, -0.2) is 27.4 Å². The topological polar surface area (TPSA) is 29.6 Å². The standard InChI is InChI=1S/C48H32N2.C42H28N2.C36H24N2/c1-4-13-33(14-5-1)35-23-25-36(26-24-35)37-17-12-20-40(31-37)50-44-22-11-10-21-41(44)42-29-30-45-47(48(42)50)43-28-27-38(34-15-6-2-7-16-34)32-46(43)49(45)39-18-8-3-9-19-39;1-4-13-29(14-5-1)31-17-12-20-34(27-31)43-38-22-11-10-21-36(38)41-40(43)26-24-35-37-28-32(30-15-6-2-7-16-30)23-25-39(37)44(42(35)41)33-18-8-3-9-19-33;1-4-12-25(13-5-1)26-20-21-29-30-22-23-33-35(36(30)38(34(29)24-26)28-16-8-3-9-17-28)31-18-10-11-19-32(31)37(33)27-14-6-2-7-15-27/h1-32H;1-28H;1-24H. The number of fused-ring (bicyclic) bond motifs is 21. The summed E-state index contributed by atoms with van der Waals surface area (Å²) in [5.41, 5.74) is 36.1. The van der Waals surface area contributed by atoms with Crippen LogP contribution < -0.4 is 0 Å². The average Bonchev–Trinajstić information content (AvgIpc) is 1.55. The number of hydrogen-bond donors (Lipinski definition) is 0. The van der Waals surface area contributed by atoms with Crippen LogP contribution >= 0.6 is 0 Å². The van der Waals surface area contributed by atoms with Crippen LogP contribution in [0.3, 0.4) is 0 Å². The Kier molecular flexibility index (Phi) is 18.8. The van der Waals surface area contributed by atoms with Gasteiger partial charge in [-0.2, -0.15) is 0 Å². The fourth-order valence-corrected chi connectivity index (χ4v) is 20.8. The van der Waals surface area contributed by atoms with Crippen LogP contribution in [0.25, 0.3) is 232 Å². The highest BCUT2D eigenvalue weighted by atomic mass is 15.0. The lowest BCUT2D eigenvalue weighted by Crippen LogP contribution is -1.96. The highest BCUT2D eigenvalue weighted by Crippen LogP contribution is 2.49. The molecule has 0 N–H and O–H groups in total. The van der Waals surface area contributed by atoms with Crippen LogP contribution in [-0.2, 0) is 0 Å². The van der Waals surface area contributed by atoms with Crippen molar-refractivity contribution in [3.8, 4) is 101 Å². The molecule has 0 aliphatic heterocycles. The molecule has 0 unspecified atom stereocenters. The third-order valence-corrected chi connectivity index (χ3v) is 26.7. The Labute approximate surface area is 763 Å². The smallest absolute Gasteiger partial charge is 0.0641 e. The van der Waals surface area contributed by atoms with E-state index in [4.69, 9.17) is 0 Å². The van der Waals surface area contributed by atoms with Gasteiger partial charge < -0.3 is 27.4 Å². The van der Waals surface area contributed by atoms with Crippen molar-refractivity contribution in [1.82, 2.24) is 27.4 Å². The first-order chi connectivity index (χ1) is 65.5. The van der Waals surface area contributed by atoms with Crippen LogP contribution in [0.4, 0.5) is 0 Å². The molecule has 27 aromatic rings. The summed E-state index contributed by atoms with van der Waals surface area (Å²) in [6.07, 6.45) is 0. The summed E-state index contributed by atoms with van der Waals surface area (Å²) in [5.74, 6) is 0. The minimum absolute atomic E-state index is 1.15. The zero-order chi connectivity index (χ0) is 87.1. The van der Waals surface area contributed by atoms with E-state index >= 15 is 0 Å². The van der Waals surface area contributed by atoms with Gasteiger partial charge in [0.1, 0.15) is 0 Å². The maximum Gasteiger partial charge on any atom is 0.0641 e. The third-order valence-electron chi connectivity index (χ3n) is 26.7.